The van der Waals surface area contributed by atoms with Crippen LogP contribution in [0.3, 0.4) is 0 Å². The second kappa shape index (κ2) is 6.85. The molecule has 0 radical (unpaired) electrons. The van der Waals surface area contributed by atoms with E-state index >= 15 is 0 Å². The zero-order valence-electron chi connectivity index (χ0n) is 9.54. The predicted molar refractivity (Wildman–Crippen MR) is 64.3 cm³/mol. The van der Waals surface area contributed by atoms with Crippen LogP contribution < -0.4 is 5.32 Å². The molecule has 0 fully saturated rings. The first-order valence-corrected chi connectivity index (χ1v) is 6.00. The van der Waals surface area contributed by atoms with E-state index in [0.29, 0.717) is 5.92 Å². The van der Waals surface area contributed by atoms with Crippen molar-refractivity contribution in [1.29, 1.82) is 0 Å². The van der Waals surface area contributed by atoms with Gasteiger partial charge in [0.2, 0.25) is 0 Å². The Labute approximate surface area is 96.8 Å². The molecule has 0 saturated carbocycles. The van der Waals surface area contributed by atoms with E-state index in [1.165, 1.54) is 5.56 Å². The first-order chi connectivity index (χ1) is 7.22. The van der Waals surface area contributed by atoms with E-state index < -0.39 is 0 Å². The van der Waals surface area contributed by atoms with Crippen LogP contribution >= 0.6 is 11.6 Å². The molecule has 86 valence electrons. The molecule has 0 aliphatic rings. The third-order valence-electron chi connectivity index (χ3n) is 2.44. The van der Waals surface area contributed by atoms with Crippen molar-refractivity contribution in [3.8, 4) is 0 Å². The molecule has 0 spiro atoms. The molecule has 0 aliphatic heterocycles. The van der Waals surface area contributed by atoms with Gasteiger partial charge in [-0.3, -0.25) is 4.68 Å². The highest BCUT2D eigenvalue weighted by molar-refractivity contribution is 6.17. The number of hydrogen-bond acceptors (Lipinski definition) is 2. The van der Waals surface area contributed by atoms with Crippen LogP contribution in [-0.4, -0.2) is 28.8 Å². The third kappa shape index (κ3) is 5.19. The summed E-state index contributed by atoms with van der Waals surface area (Å²) >= 11 is 5.67. The lowest BCUT2D eigenvalue weighted by molar-refractivity contribution is 0.504. The van der Waals surface area contributed by atoms with E-state index in [1.807, 2.05) is 17.9 Å². The van der Waals surface area contributed by atoms with E-state index in [9.17, 15) is 0 Å². The Kier molecular flexibility index (Phi) is 5.73. The van der Waals surface area contributed by atoms with Gasteiger partial charge in [0.05, 0.1) is 6.20 Å². The summed E-state index contributed by atoms with van der Waals surface area (Å²) in [5.41, 5.74) is 1.29. The molecule has 1 N–H and O–H groups in total. The van der Waals surface area contributed by atoms with Crippen molar-refractivity contribution in [2.45, 2.75) is 19.8 Å². The molecular formula is C11H20ClN3. The summed E-state index contributed by atoms with van der Waals surface area (Å²) in [4.78, 5) is 0. The van der Waals surface area contributed by atoms with Gasteiger partial charge in [-0.2, -0.15) is 5.10 Å². The Hall–Kier alpha value is -0.540. The van der Waals surface area contributed by atoms with E-state index in [1.54, 1.807) is 0 Å². The SMILES string of the molecule is CC(CCCl)CNCCc1cnn(C)c1. The second-order valence-corrected chi connectivity index (χ2v) is 4.44. The zero-order valence-corrected chi connectivity index (χ0v) is 10.3. The van der Waals surface area contributed by atoms with Crippen LogP contribution in [-0.2, 0) is 13.5 Å². The summed E-state index contributed by atoms with van der Waals surface area (Å²) in [5, 5.41) is 7.56. The number of nitrogens with one attached hydrogen (secondary N) is 1. The van der Waals surface area contributed by atoms with E-state index in [2.05, 4.69) is 23.5 Å². The molecule has 1 rings (SSSR count). The number of aromatic nitrogens is 2. The maximum atomic E-state index is 5.67. The summed E-state index contributed by atoms with van der Waals surface area (Å²) in [7, 11) is 1.94. The van der Waals surface area contributed by atoms with Gasteiger partial charge >= 0.3 is 0 Å². The first-order valence-electron chi connectivity index (χ1n) is 5.46. The number of rotatable bonds is 7. The van der Waals surface area contributed by atoms with Crippen LogP contribution in [0.25, 0.3) is 0 Å². The van der Waals surface area contributed by atoms with Gasteiger partial charge in [-0.1, -0.05) is 6.92 Å². The van der Waals surface area contributed by atoms with Gasteiger partial charge in [0.1, 0.15) is 0 Å². The van der Waals surface area contributed by atoms with Gasteiger partial charge in [0, 0.05) is 19.1 Å². The fourth-order valence-corrected chi connectivity index (χ4v) is 1.84. The quantitative estimate of drug-likeness (QED) is 0.571. The number of alkyl halides is 1. The van der Waals surface area contributed by atoms with E-state index in [0.717, 1.165) is 31.8 Å². The van der Waals surface area contributed by atoms with Crippen LogP contribution in [0.5, 0.6) is 0 Å². The van der Waals surface area contributed by atoms with Crippen LogP contribution in [0.2, 0.25) is 0 Å². The molecule has 15 heavy (non-hydrogen) atoms. The lowest BCUT2D eigenvalue weighted by Crippen LogP contribution is -2.23. The van der Waals surface area contributed by atoms with Crippen molar-refractivity contribution in [3.63, 3.8) is 0 Å². The Bertz CT molecular complexity index is 273. The van der Waals surface area contributed by atoms with Crippen molar-refractivity contribution in [3.05, 3.63) is 18.0 Å². The highest BCUT2D eigenvalue weighted by Gasteiger charge is 2.00. The molecule has 0 aromatic carbocycles. The number of hydrogen-bond donors (Lipinski definition) is 1. The predicted octanol–water partition coefficient (Wildman–Crippen LogP) is 1.82. The standard InChI is InChI=1S/C11H20ClN3/c1-10(3-5-12)7-13-6-4-11-8-14-15(2)9-11/h8-10,13H,3-7H2,1-2H3. The lowest BCUT2D eigenvalue weighted by atomic mass is 10.1. The summed E-state index contributed by atoms with van der Waals surface area (Å²) < 4.78 is 1.84. The molecule has 1 aromatic heterocycles. The molecule has 1 atom stereocenters. The van der Waals surface area contributed by atoms with Crippen molar-refractivity contribution in [2.75, 3.05) is 19.0 Å². The molecule has 0 saturated heterocycles. The Morgan fingerprint density at radius 2 is 2.40 bits per heavy atom. The summed E-state index contributed by atoms with van der Waals surface area (Å²) in [6.07, 6.45) is 6.11. The first kappa shape index (κ1) is 12.5. The molecular weight excluding hydrogens is 210 g/mol. The van der Waals surface area contributed by atoms with Gasteiger partial charge in [0.25, 0.3) is 0 Å². The number of nitrogens with zero attached hydrogens (tertiary/aromatic N) is 2. The Morgan fingerprint density at radius 1 is 1.60 bits per heavy atom. The maximum Gasteiger partial charge on any atom is 0.0522 e. The smallest absolute Gasteiger partial charge is 0.0522 e. The molecule has 1 heterocycles. The monoisotopic (exact) mass is 229 g/mol. The molecule has 3 nitrogen and oxygen atoms in total. The highest BCUT2D eigenvalue weighted by atomic mass is 35.5. The molecule has 0 aliphatic carbocycles. The largest absolute Gasteiger partial charge is 0.316 e. The highest BCUT2D eigenvalue weighted by Crippen LogP contribution is 2.01. The van der Waals surface area contributed by atoms with Crippen LogP contribution in [0, 0.1) is 5.92 Å². The van der Waals surface area contributed by atoms with Gasteiger partial charge in [-0.05, 0) is 37.4 Å². The molecule has 4 heteroatoms. The van der Waals surface area contributed by atoms with E-state index in [4.69, 9.17) is 11.6 Å². The summed E-state index contributed by atoms with van der Waals surface area (Å²) in [5.74, 6) is 1.42. The fraction of sp³-hybridized carbons (Fsp3) is 0.727. The van der Waals surface area contributed by atoms with Crippen molar-refractivity contribution in [2.24, 2.45) is 13.0 Å². The summed E-state index contributed by atoms with van der Waals surface area (Å²) in [6, 6.07) is 0. The average molecular weight is 230 g/mol. The molecule has 0 bridgehead atoms. The van der Waals surface area contributed by atoms with Crippen molar-refractivity contribution >= 4 is 11.6 Å². The molecule has 1 aromatic rings. The lowest BCUT2D eigenvalue weighted by Gasteiger charge is -2.10. The minimum atomic E-state index is 0.663. The van der Waals surface area contributed by atoms with Crippen LogP contribution in [0.4, 0.5) is 0 Å². The molecule has 0 amide bonds. The van der Waals surface area contributed by atoms with Gasteiger partial charge in [-0.25, -0.2) is 0 Å². The van der Waals surface area contributed by atoms with Crippen LogP contribution in [0.15, 0.2) is 12.4 Å². The number of halogens is 1. The van der Waals surface area contributed by atoms with Gasteiger partial charge in [-0.15, -0.1) is 11.6 Å². The van der Waals surface area contributed by atoms with Crippen molar-refractivity contribution in [1.82, 2.24) is 15.1 Å². The van der Waals surface area contributed by atoms with Crippen molar-refractivity contribution < 1.29 is 0 Å². The topological polar surface area (TPSA) is 29.9 Å². The van der Waals surface area contributed by atoms with Crippen LogP contribution in [0.1, 0.15) is 18.9 Å². The molecule has 1 unspecified atom stereocenters. The fourth-order valence-electron chi connectivity index (χ4n) is 1.47. The van der Waals surface area contributed by atoms with E-state index in [-0.39, 0.29) is 0 Å². The zero-order chi connectivity index (χ0) is 11.1. The normalized spacial score (nSPS) is 13.0. The number of aryl methyl sites for hydroxylation is 1. The minimum Gasteiger partial charge on any atom is -0.316 e. The maximum absolute atomic E-state index is 5.67. The third-order valence-corrected chi connectivity index (χ3v) is 2.66. The Morgan fingerprint density at radius 3 is 3.00 bits per heavy atom. The summed E-state index contributed by atoms with van der Waals surface area (Å²) in [6.45, 7) is 4.28. The average Bonchev–Trinajstić information content (AvgIpc) is 2.60. The Balaban J connectivity index is 2.06. The minimum absolute atomic E-state index is 0.663. The van der Waals surface area contributed by atoms with Gasteiger partial charge < -0.3 is 5.32 Å². The van der Waals surface area contributed by atoms with Gasteiger partial charge in [0.15, 0.2) is 0 Å². The second-order valence-electron chi connectivity index (χ2n) is 4.06.